The number of carboxylic acid groups (broad SMARTS) is 1. The van der Waals surface area contributed by atoms with Crippen LogP contribution in [0.25, 0.3) is 10.9 Å². The Kier molecular flexibility index (Phi) is 7.96. The molecule has 0 bridgehead atoms. The van der Waals surface area contributed by atoms with E-state index in [1.54, 1.807) is 31.4 Å². The molecule has 2 fully saturated rings. The molecule has 2 aromatic carbocycles. The highest BCUT2D eigenvalue weighted by atomic mass is 79.9. The average molecular weight is 602 g/mol. The third-order valence-corrected chi connectivity index (χ3v) is 8.06. The van der Waals surface area contributed by atoms with Crippen LogP contribution in [0.15, 0.2) is 35.1 Å². The van der Waals surface area contributed by atoms with Crippen LogP contribution in [-0.2, 0) is 0 Å². The van der Waals surface area contributed by atoms with Crippen LogP contribution < -0.4 is 14.8 Å². The number of nitrogens with zero attached hydrogens (tertiary/aromatic N) is 3. The summed E-state index contributed by atoms with van der Waals surface area (Å²) in [5.41, 5.74) is 0.799. The summed E-state index contributed by atoms with van der Waals surface area (Å²) in [5.74, 6) is 2.04. The molecule has 1 aliphatic heterocycles. The molecule has 3 aromatic rings. The topological polar surface area (TPSA) is 96.8 Å². The van der Waals surface area contributed by atoms with Gasteiger partial charge in [0.25, 0.3) is 0 Å². The lowest BCUT2D eigenvalue weighted by atomic mass is 10.0. The van der Waals surface area contributed by atoms with E-state index in [4.69, 9.17) is 21.1 Å². The lowest BCUT2D eigenvalue weighted by Gasteiger charge is -2.18. The minimum absolute atomic E-state index is 0. The van der Waals surface area contributed by atoms with E-state index in [0.29, 0.717) is 70.1 Å². The van der Waals surface area contributed by atoms with Crippen LogP contribution >= 0.6 is 39.9 Å². The SMILES string of the molecule is COc1cc2c(Nc3ccc(Br)c(Cl)c3F)ncnc2cc1OCC1C[C@@H]2CN(C(=O)O)C[C@@H]2C1.Cl. The Morgan fingerprint density at radius 3 is 2.64 bits per heavy atom. The molecular weight excluding hydrogens is 578 g/mol. The highest BCUT2D eigenvalue weighted by molar-refractivity contribution is 9.10. The number of hydrogen-bond donors (Lipinski definition) is 2. The Morgan fingerprint density at radius 1 is 1.25 bits per heavy atom. The van der Waals surface area contributed by atoms with Gasteiger partial charge in [-0.05, 0) is 64.7 Å². The van der Waals surface area contributed by atoms with E-state index in [-0.39, 0.29) is 23.1 Å². The van der Waals surface area contributed by atoms with Crippen LogP contribution in [0.1, 0.15) is 12.8 Å². The molecule has 1 amide bonds. The fourth-order valence-corrected chi connectivity index (χ4v) is 5.58. The first kappa shape index (κ1) is 26.5. The van der Waals surface area contributed by atoms with Gasteiger partial charge in [0.1, 0.15) is 12.1 Å². The Morgan fingerprint density at radius 2 is 1.97 bits per heavy atom. The molecule has 3 atom stereocenters. The van der Waals surface area contributed by atoms with Crippen molar-refractivity contribution in [3.63, 3.8) is 0 Å². The second-order valence-electron chi connectivity index (χ2n) is 8.95. The van der Waals surface area contributed by atoms with Gasteiger partial charge in [-0.25, -0.2) is 19.2 Å². The number of likely N-dealkylation sites (tertiary alicyclic amines) is 1. The number of carbonyl (C=O) groups is 1. The van der Waals surface area contributed by atoms with Crippen molar-refractivity contribution in [1.29, 1.82) is 0 Å². The van der Waals surface area contributed by atoms with Crippen LogP contribution in [0, 0.1) is 23.6 Å². The second-order valence-corrected chi connectivity index (χ2v) is 10.2. The first-order valence-corrected chi connectivity index (χ1v) is 12.3. The molecule has 2 heterocycles. The monoisotopic (exact) mass is 600 g/mol. The maximum atomic E-state index is 14.6. The molecular formula is C24H24BrCl2FN4O4. The molecule has 1 saturated heterocycles. The molecule has 1 aromatic heterocycles. The molecule has 0 radical (unpaired) electrons. The Hall–Kier alpha value is -2.56. The van der Waals surface area contributed by atoms with Crippen molar-refractivity contribution in [3.05, 3.63) is 45.9 Å². The summed E-state index contributed by atoms with van der Waals surface area (Å²) in [6.07, 6.45) is 2.45. The van der Waals surface area contributed by atoms with Crippen LogP contribution in [0.5, 0.6) is 11.5 Å². The number of amides is 1. The number of anilines is 2. The third kappa shape index (κ3) is 5.12. The van der Waals surface area contributed by atoms with Crippen LogP contribution in [0.4, 0.5) is 20.7 Å². The second kappa shape index (κ2) is 10.8. The van der Waals surface area contributed by atoms with Crippen molar-refractivity contribution in [3.8, 4) is 11.5 Å². The van der Waals surface area contributed by atoms with Crippen molar-refractivity contribution in [1.82, 2.24) is 14.9 Å². The van der Waals surface area contributed by atoms with Gasteiger partial charge in [-0.15, -0.1) is 12.4 Å². The number of methoxy groups -OCH3 is 1. The average Bonchev–Trinajstić information content (AvgIpc) is 3.42. The number of nitrogens with one attached hydrogen (secondary N) is 1. The fraction of sp³-hybridized carbons (Fsp3) is 0.375. The van der Waals surface area contributed by atoms with Gasteiger partial charge < -0.3 is 24.8 Å². The van der Waals surface area contributed by atoms with Crippen LogP contribution in [-0.4, -0.2) is 52.9 Å². The lowest BCUT2D eigenvalue weighted by Crippen LogP contribution is -2.28. The highest BCUT2D eigenvalue weighted by Crippen LogP contribution is 2.43. The van der Waals surface area contributed by atoms with Gasteiger partial charge in [-0.3, -0.25) is 0 Å². The van der Waals surface area contributed by atoms with Gasteiger partial charge in [-0.1, -0.05) is 11.6 Å². The molecule has 8 nitrogen and oxygen atoms in total. The molecule has 36 heavy (non-hydrogen) atoms. The molecule has 192 valence electrons. The number of hydrogen-bond acceptors (Lipinski definition) is 6. The smallest absolute Gasteiger partial charge is 0.407 e. The van der Waals surface area contributed by atoms with E-state index in [2.05, 4.69) is 31.2 Å². The number of aromatic nitrogens is 2. The summed E-state index contributed by atoms with van der Waals surface area (Å²) < 4.78 is 26.8. The predicted molar refractivity (Wildman–Crippen MR) is 141 cm³/mol. The first-order valence-electron chi connectivity index (χ1n) is 11.2. The van der Waals surface area contributed by atoms with E-state index in [1.165, 1.54) is 11.2 Å². The molecule has 12 heteroatoms. The van der Waals surface area contributed by atoms with Crippen LogP contribution in [0.3, 0.4) is 0 Å². The van der Waals surface area contributed by atoms with Gasteiger partial charge in [0.05, 0.1) is 29.9 Å². The maximum absolute atomic E-state index is 14.6. The van der Waals surface area contributed by atoms with Crippen molar-refractivity contribution in [2.24, 2.45) is 17.8 Å². The summed E-state index contributed by atoms with van der Waals surface area (Å²) in [7, 11) is 1.56. The minimum atomic E-state index is -0.838. The molecule has 2 aliphatic rings. The number of benzene rings is 2. The number of ether oxygens (including phenoxy) is 2. The van der Waals surface area contributed by atoms with Gasteiger partial charge >= 0.3 is 6.09 Å². The predicted octanol–water partition coefficient (Wildman–Crippen LogP) is 6.37. The van der Waals surface area contributed by atoms with Crippen molar-refractivity contribution < 1.29 is 23.8 Å². The van der Waals surface area contributed by atoms with Crippen molar-refractivity contribution in [2.75, 3.05) is 32.1 Å². The van der Waals surface area contributed by atoms with Crippen molar-refractivity contribution >= 4 is 68.4 Å². The zero-order valence-corrected chi connectivity index (χ0v) is 22.4. The van der Waals surface area contributed by atoms with E-state index in [0.717, 1.165) is 12.8 Å². The maximum Gasteiger partial charge on any atom is 0.407 e. The normalized spacial score (nSPS) is 20.7. The minimum Gasteiger partial charge on any atom is -0.493 e. The van der Waals surface area contributed by atoms with E-state index in [1.807, 2.05) is 0 Å². The highest BCUT2D eigenvalue weighted by Gasteiger charge is 2.42. The van der Waals surface area contributed by atoms with Gasteiger partial charge in [-0.2, -0.15) is 0 Å². The molecule has 1 saturated carbocycles. The standard InChI is InChI=1S/C24H23BrClFN4O4.ClH/c1-34-19-6-15-18(28-11-29-23(15)30-17-3-2-16(25)21(26)22(17)27)7-20(19)35-10-12-4-13-8-31(24(32)33)9-14(13)5-12;/h2-3,6-7,11-14H,4-5,8-10H2,1H3,(H,32,33)(H,28,29,30);1H/t12?,13-,14+;. The number of halogens is 4. The van der Waals surface area contributed by atoms with E-state index in [9.17, 15) is 14.3 Å². The largest absolute Gasteiger partial charge is 0.493 e. The molecule has 1 unspecified atom stereocenters. The summed E-state index contributed by atoms with van der Waals surface area (Å²) in [6, 6.07) is 6.77. The lowest BCUT2D eigenvalue weighted by molar-refractivity contribution is 0.149. The van der Waals surface area contributed by atoms with Gasteiger partial charge in [0.15, 0.2) is 17.3 Å². The van der Waals surface area contributed by atoms with Gasteiger partial charge in [0.2, 0.25) is 0 Å². The number of fused-ring (bicyclic) bond motifs is 2. The van der Waals surface area contributed by atoms with Crippen molar-refractivity contribution in [2.45, 2.75) is 12.8 Å². The van der Waals surface area contributed by atoms with Crippen LogP contribution in [0.2, 0.25) is 5.02 Å². The summed E-state index contributed by atoms with van der Waals surface area (Å²) >= 11 is 9.23. The molecule has 5 rings (SSSR count). The summed E-state index contributed by atoms with van der Waals surface area (Å²) in [4.78, 5) is 21.4. The molecule has 1 aliphatic carbocycles. The Balaban J connectivity index is 0.00000304. The number of rotatable bonds is 6. The van der Waals surface area contributed by atoms with Gasteiger partial charge in [0, 0.05) is 29.0 Å². The van der Waals surface area contributed by atoms with E-state index < -0.39 is 11.9 Å². The summed E-state index contributed by atoms with van der Waals surface area (Å²) in [6.45, 7) is 1.72. The zero-order chi connectivity index (χ0) is 24.7. The Bertz CT molecular complexity index is 1290. The third-order valence-electron chi connectivity index (χ3n) is 6.80. The zero-order valence-electron chi connectivity index (χ0n) is 19.2. The van der Waals surface area contributed by atoms with E-state index >= 15 is 0 Å². The molecule has 0 spiro atoms. The molecule has 2 N–H and O–H groups in total. The quantitative estimate of drug-likeness (QED) is 0.317. The summed E-state index contributed by atoms with van der Waals surface area (Å²) in [5, 5.41) is 12.8. The fourth-order valence-electron chi connectivity index (χ4n) is 5.11. The Labute approximate surface area is 226 Å². The first-order chi connectivity index (χ1) is 16.8.